The molecule has 3 atom stereocenters. The number of carbonyl (C=O) groups excluding carboxylic acids is 1. The van der Waals surface area contributed by atoms with E-state index >= 15 is 0 Å². The first-order valence-electron chi connectivity index (χ1n) is 8.65. The Morgan fingerprint density at radius 1 is 1.16 bits per heavy atom. The lowest BCUT2D eigenvalue weighted by Gasteiger charge is -2.22. The number of nitrogens with two attached hydrogens (primary N) is 1. The van der Waals surface area contributed by atoms with Crippen LogP contribution in [0.4, 0.5) is 0 Å². The molecule has 25 heavy (non-hydrogen) atoms. The van der Waals surface area contributed by atoms with E-state index in [4.69, 9.17) is 19.7 Å². The van der Waals surface area contributed by atoms with Gasteiger partial charge in [-0.2, -0.15) is 0 Å². The van der Waals surface area contributed by atoms with Crippen molar-refractivity contribution in [3.8, 4) is 0 Å². The second kappa shape index (κ2) is 14.6. The largest absolute Gasteiger partial charge is 0.472 e. The molecule has 0 saturated heterocycles. The highest BCUT2D eigenvalue weighted by Crippen LogP contribution is 2.43. The van der Waals surface area contributed by atoms with E-state index in [2.05, 4.69) is 4.52 Å². The molecule has 0 fully saturated rings. The van der Waals surface area contributed by atoms with Gasteiger partial charge in [0.1, 0.15) is 12.7 Å². The van der Waals surface area contributed by atoms with Crippen molar-refractivity contribution in [1.29, 1.82) is 0 Å². The highest BCUT2D eigenvalue weighted by molar-refractivity contribution is 7.47. The number of aliphatic hydroxyl groups excluding tert-OH is 1. The third kappa shape index (κ3) is 14.3. The lowest BCUT2D eigenvalue weighted by molar-refractivity contribution is -0.174. The van der Waals surface area contributed by atoms with Gasteiger partial charge in [0, 0.05) is 13.0 Å². The molecule has 0 rings (SSSR count). The predicted octanol–water partition coefficient (Wildman–Crippen LogP) is 1.71. The number of phosphoric acid groups is 1. The van der Waals surface area contributed by atoms with Gasteiger partial charge in [0.2, 0.25) is 0 Å². The second-order valence-electron chi connectivity index (χ2n) is 5.53. The number of phosphoric ester groups is 1. The normalized spacial score (nSPS) is 16.2. The van der Waals surface area contributed by atoms with Crippen LogP contribution in [-0.4, -0.2) is 54.7 Å². The molecule has 0 aliphatic rings. The number of hydrogen-bond acceptors (Lipinski definition) is 8. The van der Waals surface area contributed by atoms with Gasteiger partial charge < -0.3 is 25.2 Å². The molecule has 0 aromatic rings. The number of esters is 1. The van der Waals surface area contributed by atoms with Crippen LogP contribution in [0, 0.1) is 0 Å². The lowest BCUT2D eigenvalue weighted by atomic mass is 10.2. The zero-order valence-corrected chi connectivity index (χ0v) is 16.0. The molecule has 0 spiro atoms. The molecular weight excluding hydrogens is 353 g/mol. The molecule has 0 aliphatic heterocycles. The number of carbonyl (C=O) groups is 1. The van der Waals surface area contributed by atoms with Crippen molar-refractivity contribution in [2.24, 2.45) is 5.73 Å². The average Bonchev–Trinajstić information content (AvgIpc) is 2.58. The summed E-state index contributed by atoms with van der Waals surface area (Å²) >= 11 is 0. The Kier molecular flexibility index (Phi) is 14.3. The third-order valence-electron chi connectivity index (χ3n) is 3.11. The summed E-state index contributed by atoms with van der Waals surface area (Å²) in [5.41, 5.74) is 5.20. The quantitative estimate of drug-likeness (QED) is 0.206. The fraction of sp³-hybridized carbons (Fsp3) is 0.933. The van der Waals surface area contributed by atoms with Crippen LogP contribution in [0.15, 0.2) is 0 Å². The lowest BCUT2D eigenvalue weighted by Crippen LogP contribution is -2.31. The highest BCUT2D eigenvalue weighted by atomic mass is 31.2. The van der Waals surface area contributed by atoms with Gasteiger partial charge in [-0.05, 0) is 19.3 Å². The molecule has 4 N–H and O–H groups in total. The molecule has 150 valence electrons. The van der Waals surface area contributed by atoms with Gasteiger partial charge in [0.05, 0.1) is 13.2 Å². The van der Waals surface area contributed by atoms with Gasteiger partial charge in [-0.15, -0.1) is 0 Å². The van der Waals surface area contributed by atoms with Gasteiger partial charge in [-0.3, -0.25) is 13.8 Å². The summed E-state index contributed by atoms with van der Waals surface area (Å²) in [6.45, 7) is 3.30. The van der Waals surface area contributed by atoms with Crippen molar-refractivity contribution in [1.82, 2.24) is 0 Å². The third-order valence-corrected chi connectivity index (χ3v) is 4.10. The first kappa shape index (κ1) is 24.5. The minimum absolute atomic E-state index is 0.0681. The van der Waals surface area contributed by atoms with E-state index in [1.807, 2.05) is 13.8 Å². The maximum Gasteiger partial charge on any atom is 0.472 e. The van der Waals surface area contributed by atoms with Crippen molar-refractivity contribution in [3.05, 3.63) is 0 Å². The Morgan fingerprint density at radius 2 is 1.84 bits per heavy atom. The van der Waals surface area contributed by atoms with Crippen molar-refractivity contribution >= 4 is 13.8 Å². The van der Waals surface area contributed by atoms with Crippen LogP contribution in [0.25, 0.3) is 0 Å². The van der Waals surface area contributed by atoms with E-state index in [9.17, 15) is 19.4 Å². The van der Waals surface area contributed by atoms with Crippen LogP contribution >= 0.6 is 7.82 Å². The Labute approximate surface area is 149 Å². The maximum absolute atomic E-state index is 11.6. The molecule has 10 heteroatoms. The molecule has 0 bridgehead atoms. The summed E-state index contributed by atoms with van der Waals surface area (Å²) in [5.74, 6) is -0.398. The van der Waals surface area contributed by atoms with Crippen molar-refractivity contribution in [2.75, 3.05) is 26.4 Å². The summed E-state index contributed by atoms with van der Waals surface area (Å²) in [7, 11) is -4.27. The first-order chi connectivity index (χ1) is 11.8. The molecule has 0 radical (unpaired) electrons. The van der Waals surface area contributed by atoms with Crippen molar-refractivity contribution < 1.29 is 37.9 Å². The number of hydrogen-bond donors (Lipinski definition) is 3. The first-order valence-corrected chi connectivity index (χ1v) is 10.1. The maximum atomic E-state index is 11.6. The van der Waals surface area contributed by atoms with Gasteiger partial charge in [-0.1, -0.05) is 26.7 Å². The topological polar surface area (TPSA) is 138 Å². The summed E-state index contributed by atoms with van der Waals surface area (Å²) in [6, 6.07) is 0. The van der Waals surface area contributed by atoms with Gasteiger partial charge in [0.25, 0.3) is 0 Å². The molecule has 0 amide bonds. The fourth-order valence-corrected chi connectivity index (χ4v) is 2.52. The van der Waals surface area contributed by atoms with Gasteiger partial charge in [0.15, 0.2) is 6.29 Å². The van der Waals surface area contributed by atoms with E-state index in [1.54, 1.807) is 0 Å². The monoisotopic (exact) mass is 385 g/mol. The Balaban J connectivity index is 4.50. The fourth-order valence-electron chi connectivity index (χ4n) is 1.76. The predicted molar refractivity (Wildman–Crippen MR) is 91.7 cm³/mol. The van der Waals surface area contributed by atoms with E-state index in [0.717, 1.165) is 19.3 Å². The van der Waals surface area contributed by atoms with Crippen LogP contribution < -0.4 is 5.73 Å². The molecule has 9 nitrogen and oxygen atoms in total. The Hall–Kier alpha value is -0.540. The van der Waals surface area contributed by atoms with Gasteiger partial charge >= 0.3 is 13.8 Å². The minimum atomic E-state index is -4.27. The van der Waals surface area contributed by atoms with Crippen LogP contribution in [0.5, 0.6) is 0 Å². The number of rotatable bonds is 16. The molecule has 0 aliphatic carbocycles. The number of aliphatic hydroxyl groups is 1. The average molecular weight is 385 g/mol. The zero-order valence-electron chi connectivity index (χ0n) is 15.1. The van der Waals surface area contributed by atoms with E-state index in [1.165, 1.54) is 0 Å². The Bertz CT molecular complexity index is 396. The summed E-state index contributed by atoms with van der Waals surface area (Å²) < 4.78 is 31.5. The zero-order chi connectivity index (χ0) is 19.1. The smallest absolute Gasteiger partial charge is 0.463 e. The van der Waals surface area contributed by atoms with Crippen LogP contribution in [0.2, 0.25) is 0 Å². The van der Waals surface area contributed by atoms with Crippen LogP contribution in [0.3, 0.4) is 0 Å². The van der Waals surface area contributed by atoms with Gasteiger partial charge in [-0.25, -0.2) is 4.57 Å². The van der Waals surface area contributed by atoms with Crippen molar-refractivity contribution in [3.63, 3.8) is 0 Å². The van der Waals surface area contributed by atoms with E-state index < -0.39 is 26.2 Å². The molecule has 0 aromatic heterocycles. The highest BCUT2D eigenvalue weighted by Gasteiger charge is 2.25. The van der Waals surface area contributed by atoms with Crippen molar-refractivity contribution in [2.45, 2.75) is 64.8 Å². The second-order valence-corrected chi connectivity index (χ2v) is 6.98. The molecule has 0 aromatic carbocycles. The molecule has 0 saturated carbocycles. The number of unbranched alkanes of at least 4 members (excludes halogenated alkanes) is 2. The summed E-state index contributed by atoms with van der Waals surface area (Å²) in [6.07, 6.45) is 1.91. The molecule has 2 unspecified atom stereocenters. The van der Waals surface area contributed by atoms with E-state index in [0.29, 0.717) is 12.8 Å². The molecular formula is C15H32NO8P. The van der Waals surface area contributed by atoms with E-state index in [-0.39, 0.29) is 32.8 Å². The summed E-state index contributed by atoms with van der Waals surface area (Å²) in [4.78, 5) is 21.1. The Morgan fingerprint density at radius 3 is 2.44 bits per heavy atom. The SMILES string of the molecule is CCCCC(=O)OC[C@H](COP(=O)(O)OCCN)OC(O)CCCC. The summed E-state index contributed by atoms with van der Waals surface area (Å²) in [5, 5.41) is 9.83. The minimum Gasteiger partial charge on any atom is -0.463 e. The van der Waals surface area contributed by atoms with Crippen LogP contribution in [0.1, 0.15) is 52.4 Å². The standard InChI is InChI=1S/C15H32NO8P/c1-3-5-7-14(17)21-11-13(24-15(18)8-6-4-2)12-23-25(19,20)22-10-9-16/h13,15,18H,3-12,16H2,1-2H3,(H,19,20)/t13-,15?/m1/s1. The van der Waals surface area contributed by atoms with Crippen LogP contribution in [-0.2, 0) is 27.9 Å². The molecule has 0 heterocycles. The number of ether oxygens (including phenoxy) is 2.